The topological polar surface area (TPSA) is 117 Å². The van der Waals surface area contributed by atoms with Gasteiger partial charge in [-0.25, -0.2) is 4.98 Å². The molecule has 3 heterocycles. The van der Waals surface area contributed by atoms with Crippen LogP contribution in [0.3, 0.4) is 0 Å². The monoisotopic (exact) mass is 500 g/mol. The molecule has 0 bridgehead atoms. The predicted octanol–water partition coefficient (Wildman–Crippen LogP) is 5.96. The van der Waals surface area contributed by atoms with E-state index in [2.05, 4.69) is 16.3 Å². The van der Waals surface area contributed by atoms with Gasteiger partial charge in [0.2, 0.25) is 11.8 Å². The van der Waals surface area contributed by atoms with Crippen molar-refractivity contribution in [3.63, 3.8) is 0 Å². The summed E-state index contributed by atoms with van der Waals surface area (Å²) in [7, 11) is 0. The molecular formula is C26H24N6O3S. The van der Waals surface area contributed by atoms with E-state index < -0.39 is 0 Å². The standard InChI is InChI=1S/C26H24N6O3S/c1-16-13-18(15-27)14-17(2)23(16)35-24-22-9-12-36-25(22)30-26(29-24)28-19-7-10-31(11-8-19)20-3-5-21(6-4-20)32(33)34/h3-6,9,12-14,19H,7-8,10-11H2,1-2H3,(H,28,29,30). The van der Waals surface area contributed by atoms with Crippen molar-refractivity contribution >= 4 is 38.9 Å². The molecule has 0 atom stereocenters. The third kappa shape index (κ3) is 4.78. The number of nitrogens with one attached hydrogen (secondary N) is 1. The second-order valence-electron chi connectivity index (χ2n) is 8.82. The van der Waals surface area contributed by atoms with Gasteiger partial charge in [-0.1, -0.05) is 0 Å². The van der Waals surface area contributed by atoms with Crippen LogP contribution in [0.2, 0.25) is 0 Å². The maximum Gasteiger partial charge on any atom is 0.269 e. The first-order valence-electron chi connectivity index (χ1n) is 11.6. The number of benzene rings is 2. The lowest BCUT2D eigenvalue weighted by Gasteiger charge is -2.34. The lowest BCUT2D eigenvalue weighted by molar-refractivity contribution is -0.384. The number of aromatic nitrogens is 2. The minimum absolute atomic E-state index is 0.0980. The number of non-ortho nitro benzene ring substituents is 1. The van der Waals surface area contributed by atoms with E-state index in [4.69, 9.17) is 14.7 Å². The molecule has 1 aliphatic heterocycles. The summed E-state index contributed by atoms with van der Waals surface area (Å²) in [5.41, 5.74) is 3.44. The maximum absolute atomic E-state index is 10.9. The Balaban J connectivity index is 1.31. The molecule has 0 unspecified atom stereocenters. The molecule has 0 spiro atoms. The molecule has 0 amide bonds. The number of anilines is 2. The van der Waals surface area contributed by atoms with E-state index >= 15 is 0 Å². The zero-order valence-electron chi connectivity index (χ0n) is 19.9. The van der Waals surface area contributed by atoms with Gasteiger partial charge in [0.25, 0.3) is 5.69 Å². The molecule has 2 aromatic heterocycles. The molecule has 182 valence electrons. The van der Waals surface area contributed by atoms with Gasteiger partial charge in [0.05, 0.1) is 21.9 Å². The third-order valence-corrected chi connectivity index (χ3v) is 7.14. The fourth-order valence-corrected chi connectivity index (χ4v) is 5.25. The first-order chi connectivity index (χ1) is 17.4. The molecule has 36 heavy (non-hydrogen) atoms. The number of piperidine rings is 1. The summed E-state index contributed by atoms with van der Waals surface area (Å²) < 4.78 is 6.29. The summed E-state index contributed by atoms with van der Waals surface area (Å²) in [5, 5.41) is 26.4. The molecule has 2 aromatic carbocycles. The third-order valence-electron chi connectivity index (χ3n) is 6.33. The van der Waals surface area contributed by atoms with Crippen LogP contribution < -0.4 is 15.0 Å². The summed E-state index contributed by atoms with van der Waals surface area (Å²) >= 11 is 1.53. The smallest absolute Gasteiger partial charge is 0.269 e. The van der Waals surface area contributed by atoms with Gasteiger partial charge in [0.1, 0.15) is 10.6 Å². The molecule has 1 N–H and O–H groups in total. The van der Waals surface area contributed by atoms with Gasteiger partial charge in [0, 0.05) is 37.0 Å². The minimum Gasteiger partial charge on any atom is -0.438 e. The molecule has 0 saturated carbocycles. The Kier molecular flexibility index (Phi) is 6.40. The molecule has 1 aliphatic rings. The molecule has 4 aromatic rings. The van der Waals surface area contributed by atoms with Gasteiger partial charge >= 0.3 is 0 Å². The van der Waals surface area contributed by atoms with Gasteiger partial charge < -0.3 is 15.0 Å². The fraction of sp³-hybridized carbons (Fsp3) is 0.269. The number of hydrogen-bond acceptors (Lipinski definition) is 9. The maximum atomic E-state index is 10.9. The number of nitro benzene ring substituents is 1. The van der Waals surface area contributed by atoms with E-state index in [1.807, 2.05) is 37.4 Å². The van der Waals surface area contributed by atoms with Crippen molar-refractivity contribution in [1.29, 1.82) is 5.26 Å². The molecule has 0 radical (unpaired) electrons. The lowest BCUT2D eigenvalue weighted by atomic mass is 10.0. The Bertz CT molecular complexity index is 1450. The number of rotatable bonds is 6. The van der Waals surface area contributed by atoms with Crippen molar-refractivity contribution in [3.8, 4) is 17.7 Å². The average molecular weight is 501 g/mol. The number of thiophene rings is 1. The normalized spacial score (nSPS) is 14.0. The first kappa shape index (κ1) is 23.5. The highest BCUT2D eigenvalue weighted by atomic mass is 32.1. The average Bonchev–Trinajstić information content (AvgIpc) is 3.35. The predicted molar refractivity (Wildman–Crippen MR) is 140 cm³/mol. The van der Waals surface area contributed by atoms with Crippen LogP contribution in [0.15, 0.2) is 47.8 Å². The van der Waals surface area contributed by atoms with Crippen molar-refractivity contribution in [2.45, 2.75) is 32.7 Å². The van der Waals surface area contributed by atoms with Crippen molar-refractivity contribution in [3.05, 3.63) is 74.6 Å². The Morgan fingerprint density at radius 2 is 1.83 bits per heavy atom. The molecule has 9 nitrogen and oxygen atoms in total. The summed E-state index contributed by atoms with van der Waals surface area (Å²) in [4.78, 5) is 23.0. The van der Waals surface area contributed by atoms with E-state index in [9.17, 15) is 15.4 Å². The van der Waals surface area contributed by atoms with Crippen LogP contribution in [0.25, 0.3) is 10.2 Å². The van der Waals surface area contributed by atoms with Crippen LogP contribution in [-0.2, 0) is 0 Å². The van der Waals surface area contributed by atoms with Crippen LogP contribution in [0.1, 0.15) is 29.5 Å². The Labute approximate surface area is 212 Å². The second kappa shape index (κ2) is 9.79. The SMILES string of the molecule is Cc1cc(C#N)cc(C)c1Oc1nc(NC2CCN(c3ccc([N+](=O)[O-])cc3)CC2)nc2sccc12. The molecular weight excluding hydrogens is 476 g/mol. The summed E-state index contributed by atoms with van der Waals surface area (Å²) in [6.45, 7) is 5.49. The molecule has 10 heteroatoms. The quantitative estimate of drug-likeness (QED) is 0.254. The number of nitro groups is 1. The molecule has 1 saturated heterocycles. The summed E-state index contributed by atoms with van der Waals surface area (Å²) in [5.74, 6) is 1.71. The van der Waals surface area contributed by atoms with Crippen LogP contribution in [0.4, 0.5) is 17.3 Å². The molecule has 1 fully saturated rings. The van der Waals surface area contributed by atoms with E-state index in [0.717, 1.165) is 53.0 Å². The first-order valence-corrected chi connectivity index (χ1v) is 12.5. The van der Waals surface area contributed by atoms with Gasteiger partial charge in [-0.3, -0.25) is 10.1 Å². The highest BCUT2D eigenvalue weighted by Crippen LogP contribution is 2.35. The van der Waals surface area contributed by atoms with E-state index in [-0.39, 0.29) is 16.7 Å². The Morgan fingerprint density at radius 1 is 1.14 bits per heavy atom. The number of hydrogen-bond donors (Lipinski definition) is 1. The van der Waals surface area contributed by atoms with Crippen molar-refractivity contribution in [1.82, 2.24) is 9.97 Å². The van der Waals surface area contributed by atoms with E-state index in [0.29, 0.717) is 23.1 Å². The Hall–Kier alpha value is -4.23. The van der Waals surface area contributed by atoms with Crippen LogP contribution in [0, 0.1) is 35.3 Å². The lowest BCUT2D eigenvalue weighted by Crippen LogP contribution is -2.39. The van der Waals surface area contributed by atoms with Gasteiger partial charge in [-0.15, -0.1) is 11.3 Å². The van der Waals surface area contributed by atoms with Gasteiger partial charge in [-0.2, -0.15) is 10.2 Å². The van der Waals surface area contributed by atoms with Crippen LogP contribution in [-0.4, -0.2) is 34.0 Å². The highest BCUT2D eigenvalue weighted by molar-refractivity contribution is 7.16. The molecule has 5 rings (SSSR count). The van der Waals surface area contributed by atoms with E-state index in [1.165, 1.54) is 11.3 Å². The van der Waals surface area contributed by atoms with Crippen molar-refractivity contribution in [2.75, 3.05) is 23.3 Å². The van der Waals surface area contributed by atoms with Crippen molar-refractivity contribution < 1.29 is 9.66 Å². The highest BCUT2D eigenvalue weighted by Gasteiger charge is 2.22. The minimum atomic E-state index is -0.383. The fourth-order valence-electron chi connectivity index (χ4n) is 4.49. The van der Waals surface area contributed by atoms with Gasteiger partial charge in [-0.05, 0) is 73.5 Å². The number of nitrogens with zero attached hydrogens (tertiary/aromatic N) is 5. The number of fused-ring (bicyclic) bond motifs is 1. The van der Waals surface area contributed by atoms with Crippen molar-refractivity contribution in [2.24, 2.45) is 0 Å². The van der Waals surface area contributed by atoms with E-state index in [1.54, 1.807) is 24.3 Å². The largest absolute Gasteiger partial charge is 0.438 e. The second-order valence-corrected chi connectivity index (χ2v) is 9.72. The summed E-state index contributed by atoms with van der Waals surface area (Å²) in [6.07, 6.45) is 1.76. The van der Waals surface area contributed by atoms with Crippen LogP contribution >= 0.6 is 11.3 Å². The number of aryl methyl sites for hydroxylation is 2. The number of ether oxygens (including phenoxy) is 1. The molecule has 0 aliphatic carbocycles. The summed E-state index contributed by atoms with van der Waals surface area (Å²) in [6, 6.07) is 14.6. The zero-order chi connectivity index (χ0) is 25.2. The zero-order valence-corrected chi connectivity index (χ0v) is 20.7. The van der Waals surface area contributed by atoms with Crippen LogP contribution in [0.5, 0.6) is 11.6 Å². The Morgan fingerprint density at radius 3 is 2.47 bits per heavy atom. The van der Waals surface area contributed by atoms with Gasteiger partial charge in [0.15, 0.2) is 0 Å². The number of nitriles is 1.